The number of para-hydroxylation sites is 2. The fourth-order valence-electron chi connectivity index (χ4n) is 3.71. The maximum absolute atomic E-state index is 13.2. The summed E-state index contributed by atoms with van der Waals surface area (Å²) in [6.07, 6.45) is -0.103. The molecule has 1 saturated heterocycles. The molecule has 0 bridgehead atoms. The summed E-state index contributed by atoms with van der Waals surface area (Å²) in [5.41, 5.74) is 0.773. The number of hydrogen-bond donors (Lipinski definition) is 0. The van der Waals surface area contributed by atoms with Crippen LogP contribution in [0.5, 0.6) is 11.5 Å². The molecule has 4 rings (SSSR count). The number of nitrogens with zero attached hydrogens (tertiary/aromatic N) is 2. The summed E-state index contributed by atoms with van der Waals surface area (Å²) in [4.78, 5) is 14.9. The van der Waals surface area contributed by atoms with Crippen LogP contribution in [0.3, 0.4) is 0 Å². The first-order valence-corrected chi connectivity index (χ1v) is 12.1. The number of rotatable bonds is 4. The van der Waals surface area contributed by atoms with Gasteiger partial charge in [-0.25, -0.2) is 8.42 Å². The van der Waals surface area contributed by atoms with E-state index < -0.39 is 16.1 Å². The monoisotopic (exact) mass is 494 g/mol. The van der Waals surface area contributed by atoms with Gasteiger partial charge in [-0.15, -0.1) is 0 Å². The Morgan fingerprint density at radius 3 is 2.50 bits per heavy atom. The quantitative estimate of drug-likeness (QED) is 0.652. The number of amides is 1. The van der Waals surface area contributed by atoms with E-state index in [1.165, 1.54) is 4.31 Å². The van der Waals surface area contributed by atoms with Gasteiger partial charge in [0.05, 0.1) is 4.90 Å². The van der Waals surface area contributed by atoms with Crippen molar-refractivity contribution in [3.05, 3.63) is 52.5 Å². The molecule has 0 radical (unpaired) electrons. The highest BCUT2D eigenvalue weighted by atomic mass is 79.9. The van der Waals surface area contributed by atoms with E-state index in [4.69, 9.17) is 9.47 Å². The van der Waals surface area contributed by atoms with Gasteiger partial charge in [0.2, 0.25) is 16.1 Å². The lowest BCUT2D eigenvalue weighted by Crippen LogP contribution is -2.55. The topological polar surface area (TPSA) is 76.2 Å². The van der Waals surface area contributed by atoms with Crippen molar-refractivity contribution < 1.29 is 22.7 Å². The minimum Gasteiger partial charge on any atom is -0.485 e. The second-order valence-corrected chi connectivity index (χ2v) is 10.0. The van der Waals surface area contributed by atoms with Crippen molar-refractivity contribution in [2.24, 2.45) is 0 Å². The van der Waals surface area contributed by atoms with Gasteiger partial charge < -0.3 is 14.4 Å². The fourth-order valence-corrected chi connectivity index (χ4v) is 5.81. The van der Waals surface area contributed by atoms with Crippen molar-refractivity contribution in [2.75, 3.05) is 32.8 Å². The Labute approximate surface area is 184 Å². The van der Waals surface area contributed by atoms with Gasteiger partial charge in [-0.3, -0.25) is 4.79 Å². The van der Waals surface area contributed by atoms with Crippen LogP contribution in [0.2, 0.25) is 0 Å². The first-order valence-electron chi connectivity index (χ1n) is 9.86. The zero-order chi connectivity index (χ0) is 21.3. The van der Waals surface area contributed by atoms with Crippen molar-refractivity contribution in [1.29, 1.82) is 0 Å². The van der Waals surface area contributed by atoms with E-state index in [-0.39, 0.29) is 25.6 Å². The van der Waals surface area contributed by atoms with Crippen LogP contribution >= 0.6 is 15.9 Å². The Morgan fingerprint density at radius 2 is 1.80 bits per heavy atom. The van der Waals surface area contributed by atoms with Gasteiger partial charge in [-0.1, -0.05) is 35.0 Å². The van der Waals surface area contributed by atoms with Crippen molar-refractivity contribution in [1.82, 2.24) is 9.21 Å². The Hall–Kier alpha value is -2.10. The molecular weight excluding hydrogens is 472 g/mol. The number of fused-ring (bicyclic) bond motifs is 1. The Morgan fingerprint density at radius 1 is 1.10 bits per heavy atom. The minimum absolute atomic E-state index is 0.146. The van der Waals surface area contributed by atoms with Crippen LogP contribution in [0, 0.1) is 0 Å². The van der Waals surface area contributed by atoms with E-state index in [2.05, 4.69) is 15.9 Å². The lowest BCUT2D eigenvalue weighted by Gasteiger charge is -2.36. The van der Waals surface area contributed by atoms with Crippen LogP contribution in [0.25, 0.3) is 0 Å². The summed E-state index contributed by atoms with van der Waals surface area (Å²) in [6.45, 7) is 3.21. The normalized spacial score (nSPS) is 19.5. The molecule has 2 aromatic carbocycles. The highest BCUT2D eigenvalue weighted by Gasteiger charge is 2.35. The number of carbonyl (C=O) groups is 1. The van der Waals surface area contributed by atoms with Gasteiger partial charge in [-0.2, -0.15) is 4.31 Å². The van der Waals surface area contributed by atoms with Gasteiger partial charge in [-0.05, 0) is 42.3 Å². The number of sulfonamides is 1. The van der Waals surface area contributed by atoms with Crippen LogP contribution in [0.15, 0.2) is 51.8 Å². The van der Waals surface area contributed by atoms with Gasteiger partial charge in [0.1, 0.15) is 6.61 Å². The number of benzene rings is 2. The molecule has 0 N–H and O–H groups in total. The van der Waals surface area contributed by atoms with Crippen molar-refractivity contribution in [3.8, 4) is 11.5 Å². The maximum atomic E-state index is 13.2. The molecule has 1 unspecified atom stereocenters. The Balaban J connectivity index is 1.42. The zero-order valence-electron chi connectivity index (χ0n) is 16.6. The summed E-state index contributed by atoms with van der Waals surface area (Å²) in [6, 6.07) is 12.5. The third-order valence-electron chi connectivity index (χ3n) is 5.36. The first-order chi connectivity index (χ1) is 14.4. The number of halogens is 1. The van der Waals surface area contributed by atoms with E-state index in [9.17, 15) is 13.2 Å². The van der Waals surface area contributed by atoms with E-state index >= 15 is 0 Å². The van der Waals surface area contributed by atoms with Crippen LogP contribution < -0.4 is 9.47 Å². The third-order valence-corrected chi connectivity index (χ3v) is 7.85. The summed E-state index contributed by atoms with van der Waals surface area (Å²) in [5, 5.41) is 0. The standard InChI is InChI=1S/C21H23BrN2O5S/c1-2-15-13-16(22)7-8-20(15)30(26,27)24-11-9-23(10-12-24)21(25)19-14-28-17-5-3-4-6-18(17)29-19/h3-8,13,19H,2,9-12,14H2,1H3. The zero-order valence-corrected chi connectivity index (χ0v) is 19.0. The van der Waals surface area contributed by atoms with Gasteiger partial charge in [0.25, 0.3) is 5.91 Å². The molecule has 0 aliphatic carbocycles. The molecular formula is C21H23BrN2O5S. The molecule has 2 aliphatic heterocycles. The van der Waals surface area contributed by atoms with Crippen LogP contribution in [0.1, 0.15) is 12.5 Å². The first kappa shape index (κ1) is 21.1. The van der Waals surface area contributed by atoms with Crippen molar-refractivity contribution >= 4 is 31.9 Å². The maximum Gasteiger partial charge on any atom is 0.267 e. The van der Waals surface area contributed by atoms with E-state index in [0.717, 1.165) is 10.0 Å². The summed E-state index contributed by atoms with van der Waals surface area (Å²) < 4.78 is 40.0. The molecule has 2 heterocycles. The number of ether oxygens (including phenoxy) is 2. The number of hydrogen-bond acceptors (Lipinski definition) is 5. The number of piperazine rings is 1. The van der Waals surface area contributed by atoms with Crippen LogP contribution in [-0.4, -0.2) is 62.4 Å². The molecule has 0 spiro atoms. The summed E-state index contributed by atoms with van der Waals surface area (Å²) in [5.74, 6) is 0.990. The molecule has 0 aromatic heterocycles. The molecule has 9 heteroatoms. The molecule has 0 saturated carbocycles. The summed E-state index contributed by atoms with van der Waals surface area (Å²) >= 11 is 3.40. The molecule has 1 amide bonds. The average molecular weight is 495 g/mol. The van der Waals surface area contributed by atoms with E-state index in [1.54, 1.807) is 29.2 Å². The Kier molecular flexibility index (Phi) is 6.04. The van der Waals surface area contributed by atoms with E-state index in [0.29, 0.717) is 35.9 Å². The second kappa shape index (κ2) is 8.56. The molecule has 160 valence electrons. The predicted molar refractivity (Wildman–Crippen MR) is 115 cm³/mol. The fraction of sp³-hybridized carbons (Fsp3) is 0.381. The van der Waals surface area contributed by atoms with E-state index in [1.807, 2.05) is 25.1 Å². The largest absolute Gasteiger partial charge is 0.485 e. The van der Waals surface area contributed by atoms with Gasteiger partial charge >= 0.3 is 0 Å². The lowest BCUT2D eigenvalue weighted by atomic mass is 10.2. The van der Waals surface area contributed by atoms with Crippen LogP contribution in [-0.2, 0) is 21.2 Å². The molecule has 7 nitrogen and oxygen atoms in total. The molecule has 2 aliphatic rings. The van der Waals surface area contributed by atoms with Gasteiger partial charge in [0, 0.05) is 30.7 Å². The lowest BCUT2D eigenvalue weighted by molar-refractivity contribution is -0.142. The van der Waals surface area contributed by atoms with Crippen molar-refractivity contribution in [2.45, 2.75) is 24.3 Å². The second-order valence-electron chi connectivity index (χ2n) is 7.20. The van der Waals surface area contributed by atoms with Crippen LogP contribution in [0.4, 0.5) is 0 Å². The molecule has 1 atom stereocenters. The Bertz CT molecular complexity index is 1050. The SMILES string of the molecule is CCc1cc(Br)ccc1S(=O)(=O)N1CCN(C(=O)C2COc3ccccc3O2)CC1. The smallest absolute Gasteiger partial charge is 0.267 e. The third kappa shape index (κ3) is 4.06. The molecule has 2 aromatic rings. The van der Waals surface area contributed by atoms with Gasteiger partial charge in [0.15, 0.2) is 11.5 Å². The minimum atomic E-state index is -3.62. The highest BCUT2D eigenvalue weighted by Crippen LogP contribution is 2.31. The number of carbonyl (C=O) groups excluding carboxylic acids is 1. The highest BCUT2D eigenvalue weighted by molar-refractivity contribution is 9.10. The summed E-state index contributed by atoms with van der Waals surface area (Å²) in [7, 11) is -3.62. The molecule has 30 heavy (non-hydrogen) atoms. The molecule has 1 fully saturated rings. The average Bonchev–Trinajstić information content (AvgIpc) is 2.78. The number of aryl methyl sites for hydroxylation is 1. The van der Waals surface area contributed by atoms with Crippen molar-refractivity contribution in [3.63, 3.8) is 0 Å². The predicted octanol–water partition coefficient (Wildman–Crippen LogP) is 2.68.